The van der Waals surface area contributed by atoms with Gasteiger partial charge in [0.25, 0.3) is 0 Å². The van der Waals surface area contributed by atoms with Crippen molar-refractivity contribution >= 4 is 23.3 Å². The number of halogens is 1. The number of hydrogen-bond acceptors (Lipinski definition) is 4. The number of ether oxygens (including phenoxy) is 1. The number of carbonyl (C=O) groups excluding carboxylic acids is 2. The summed E-state index contributed by atoms with van der Waals surface area (Å²) in [5.74, 6) is 0.626. The van der Waals surface area contributed by atoms with Crippen molar-refractivity contribution < 1.29 is 19.4 Å². The predicted molar refractivity (Wildman–Crippen MR) is 88.0 cm³/mol. The lowest BCUT2D eigenvalue weighted by atomic mass is 9.68. The Morgan fingerprint density at radius 1 is 1.43 bits per heavy atom. The molecule has 0 bridgehead atoms. The summed E-state index contributed by atoms with van der Waals surface area (Å²) in [5, 5.41) is 13.5. The fraction of sp³-hybridized carbons (Fsp3) is 0.529. The average Bonchev–Trinajstić information content (AvgIpc) is 2.54. The van der Waals surface area contributed by atoms with Crippen LogP contribution in [-0.2, 0) is 4.79 Å². The van der Waals surface area contributed by atoms with E-state index >= 15 is 0 Å². The van der Waals surface area contributed by atoms with E-state index in [1.54, 1.807) is 32.0 Å². The molecule has 1 aromatic rings. The molecule has 1 amide bonds. The zero-order valence-corrected chi connectivity index (χ0v) is 14.3. The fourth-order valence-electron chi connectivity index (χ4n) is 2.83. The van der Waals surface area contributed by atoms with E-state index in [2.05, 4.69) is 5.32 Å². The third kappa shape index (κ3) is 3.35. The number of hydrogen-bond donors (Lipinski definition) is 2. The molecule has 126 valence electrons. The number of aliphatic hydroxyl groups is 1. The van der Waals surface area contributed by atoms with Crippen LogP contribution in [0.4, 0.5) is 0 Å². The SMILES string of the molecule is COc1ccc2c(c1)[C@@H](NC(=O)CCCCl)[C@H](O)C(C)(C)C2=O. The van der Waals surface area contributed by atoms with Gasteiger partial charge in [0, 0.05) is 17.9 Å². The molecule has 0 saturated heterocycles. The van der Waals surface area contributed by atoms with Crippen molar-refractivity contribution in [1.82, 2.24) is 5.32 Å². The summed E-state index contributed by atoms with van der Waals surface area (Å²) in [7, 11) is 1.53. The van der Waals surface area contributed by atoms with Crippen molar-refractivity contribution in [2.45, 2.75) is 38.8 Å². The highest BCUT2D eigenvalue weighted by atomic mass is 35.5. The molecule has 5 nitrogen and oxygen atoms in total. The van der Waals surface area contributed by atoms with Gasteiger partial charge < -0.3 is 15.2 Å². The molecule has 0 saturated carbocycles. The minimum Gasteiger partial charge on any atom is -0.497 e. The molecule has 0 aromatic heterocycles. The largest absolute Gasteiger partial charge is 0.497 e. The van der Waals surface area contributed by atoms with E-state index in [9.17, 15) is 14.7 Å². The lowest BCUT2D eigenvalue weighted by Gasteiger charge is -2.41. The second-order valence-corrected chi connectivity index (χ2v) is 6.66. The van der Waals surface area contributed by atoms with Gasteiger partial charge in [-0.1, -0.05) is 0 Å². The summed E-state index contributed by atoms with van der Waals surface area (Å²) in [4.78, 5) is 24.7. The van der Waals surface area contributed by atoms with Crippen LogP contribution >= 0.6 is 11.6 Å². The first-order valence-corrected chi connectivity index (χ1v) is 8.12. The van der Waals surface area contributed by atoms with Crippen LogP contribution in [0.25, 0.3) is 0 Å². The van der Waals surface area contributed by atoms with E-state index in [0.29, 0.717) is 29.2 Å². The summed E-state index contributed by atoms with van der Waals surface area (Å²) in [5.41, 5.74) is 0.107. The predicted octanol–water partition coefficient (Wildman–Crippen LogP) is 2.45. The number of Topliss-reactive ketones (excluding diaryl/α,β-unsaturated/α-hetero) is 1. The van der Waals surface area contributed by atoms with E-state index in [4.69, 9.17) is 16.3 Å². The highest BCUT2D eigenvalue weighted by molar-refractivity contribution is 6.17. The van der Waals surface area contributed by atoms with E-state index in [-0.39, 0.29) is 18.1 Å². The number of nitrogens with one attached hydrogen (secondary N) is 1. The highest BCUT2D eigenvalue weighted by Crippen LogP contribution is 2.42. The summed E-state index contributed by atoms with van der Waals surface area (Å²) in [6.07, 6.45) is -0.182. The topological polar surface area (TPSA) is 75.6 Å². The van der Waals surface area contributed by atoms with E-state index in [1.807, 2.05) is 0 Å². The number of alkyl halides is 1. The number of carbonyl (C=O) groups is 2. The number of amides is 1. The van der Waals surface area contributed by atoms with E-state index in [0.717, 1.165) is 0 Å². The molecule has 0 aliphatic heterocycles. The molecule has 0 radical (unpaired) electrons. The van der Waals surface area contributed by atoms with Crippen LogP contribution in [0, 0.1) is 5.41 Å². The number of methoxy groups -OCH3 is 1. The zero-order chi connectivity index (χ0) is 17.2. The van der Waals surface area contributed by atoms with Crippen molar-refractivity contribution in [1.29, 1.82) is 0 Å². The van der Waals surface area contributed by atoms with Crippen LogP contribution in [0.5, 0.6) is 5.75 Å². The van der Waals surface area contributed by atoms with Gasteiger partial charge >= 0.3 is 0 Å². The first-order chi connectivity index (χ1) is 10.8. The zero-order valence-electron chi connectivity index (χ0n) is 13.6. The minimum absolute atomic E-state index is 0.145. The number of ketones is 1. The van der Waals surface area contributed by atoms with Crippen LogP contribution in [0.3, 0.4) is 0 Å². The van der Waals surface area contributed by atoms with Crippen LogP contribution in [0.2, 0.25) is 0 Å². The van der Waals surface area contributed by atoms with Gasteiger partial charge in [0.15, 0.2) is 5.78 Å². The van der Waals surface area contributed by atoms with E-state index in [1.165, 1.54) is 7.11 Å². The Balaban J connectivity index is 2.41. The van der Waals surface area contributed by atoms with Gasteiger partial charge in [-0.05, 0) is 44.0 Å². The lowest BCUT2D eigenvalue weighted by Crippen LogP contribution is -2.51. The maximum absolute atomic E-state index is 12.6. The van der Waals surface area contributed by atoms with Gasteiger partial charge in [0.2, 0.25) is 5.91 Å². The fourth-order valence-corrected chi connectivity index (χ4v) is 2.96. The number of fused-ring (bicyclic) bond motifs is 1. The summed E-state index contributed by atoms with van der Waals surface area (Å²) in [6, 6.07) is 4.42. The Labute approximate surface area is 141 Å². The quantitative estimate of drug-likeness (QED) is 0.808. The molecular weight excluding hydrogens is 318 g/mol. The molecule has 6 heteroatoms. The Bertz CT molecular complexity index is 615. The van der Waals surface area contributed by atoms with Gasteiger partial charge in [-0.3, -0.25) is 9.59 Å². The van der Waals surface area contributed by atoms with Gasteiger partial charge in [-0.25, -0.2) is 0 Å². The molecule has 1 aliphatic rings. The second kappa shape index (κ2) is 6.89. The Morgan fingerprint density at radius 3 is 2.74 bits per heavy atom. The monoisotopic (exact) mass is 339 g/mol. The van der Waals surface area contributed by atoms with Crippen molar-refractivity contribution in [3.63, 3.8) is 0 Å². The molecule has 0 heterocycles. The van der Waals surface area contributed by atoms with Crippen LogP contribution in [0.1, 0.15) is 48.7 Å². The standard InChI is InChI=1S/C17H22ClNO4/c1-17(2)15(21)11-7-6-10(23-3)9-12(11)14(16(17)22)19-13(20)5-4-8-18/h6-7,9,14,16,22H,4-5,8H2,1-3H3,(H,19,20)/t14-,16+/m1/s1. The molecule has 0 spiro atoms. The van der Waals surface area contributed by atoms with Crippen LogP contribution in [0.15, 0.2) is 18.2 Å². The van der Waals surface area contributed by atoms with Gasteiger partial charge in [-0.2, -0.15) is 0 Å². The minimum atomic E-state index is -1.02. The molecule has 1 aromatic carbocycles. The summed E-state index contributed by atoms with van der Waals surface area (Å²) >= 11 is 5.61. The van der Waals surface area contributed by atoms with Crippen molar-refractivity contribution in [3.8, 4) is 5.75 Å². The second-order valence-electron chi connectivity index (χ2n) is 6.29. The molecule has 2 rings (SSSR count). The average molecular weight is 340 g/mol. The number of rotatable bonds is 5. The molecule has 1 aliphatic carbocycles. The van der Waals surface area contributed by atoms with Crippen molar-refractivity contribution in [2.75, 3.05) is 13.0 Å². The third-order valence-corrected chi connectivity index (χ3v) is 4.60. The first kappa shape index (κ1) is 17.8. The Kier molecular flexibility index (Phi) is 5.32. The highest BCUT2D eigenvalue weighted by Gasteiger charge is 2.47. The summed E-state index contributed by atoms with van der Waals surface area (Å²) in [6.45, 7) is 3.37. The molecule has 0 unspecified atom stereocenters. The molecular formula is C17H22ClNO4. The van der Waals surface area contributed by atoms with Crippen LogP contribution in [-0.4, -0.2) is 35.9 Å². The maximum Gasteiger partial charge on any atom is 0.220 e. The molecule has 0 fully saturated rings. The van der Waals surface area contributed by atoms with Gasteiger partial charge in [-0.15, -0.1) is 11.6 Å². The summed E-state index contributed by atoms with van der Waals surface area (Å²) < 4.78 is 5.20. The van der Waals surface area contributed by atoms with E-state index < -0.39 is 17.6 Å². The van der Waals surface area contributed by atoms with Gasteiger partial charge in [0.05, 0.1) is 24.7 Å². The third-order valence-electron chi connectivity index (χ3n) is 4.33. The van der Waals surface area contributed by atoms with Crippen LogP contribution < -0.4 is 10.1 Å². The number of benzene rings is 1. The normalized spacial score (nSPS) is 22.4. The van der Waals surface area contributed by atoms with Crippen molar-refractivity contribution in [2.24, 2.45) is 5.41 Å². The molecule has 23 heavy (non-hydrogen) atoms. The van der Waals surface area contributed by atoms with Gasteiger partial charge in [0.1, 0.15) is 5.75 Å². The Morgan fingerprint density at radius 2 is 2.13 bits per heavy atom. The van der Waals surface area contributed by atoms with Crippen molar-refractivity contribution in [3.05, 3.63) is 29.3 Å². The maximum atomic E-state index is 12.6. The lowest BCUT2D eigenvalue weighted by molar-refractivity contribution is -0.123. The number of aliphatic hydroxyl groups excluding tert-OH is 1. The Hall–Kier alpha value is -1.59. The smallest absolute Gasteiger partial charge is 0.220 e. The molecule has 2 N–H and O–H groups in total. The molecule has 2 atom stereocenters. The first-order valence-electron chi connectivity index (χ1n) is 7.59.